The van der Waals surface area contributed by atoms with Crippen molar-refractivity contribution in [1.29, 1.82) is 0 Å². The van der Waals surface area contributed by atoms with E-state index in [4.69, 9.17) is 4.74 Å². The van der Waals surface area contributed by atoms with E-state index in [9.17, 15) is 22.7 Å². The Morgan fingerprint density at radius 3 is 2.25 bits per heavy atom. The summed E-state index contributed by atoms with van der Waals surface area (Å²) in [4.78, 5) is 0. The molecule has 0 fully saturated rings. The molecule has 0 aliphatic carbocycles. The van der Waals surface area contributed by atoms with Crippen molar-refractivity contribution in [2.75, 3.05) is 6.61 Å². The van der Waals surface area contributed by atoms with Gasteiger partial charge in [0.05, 0.1) is 17.4 Å². The number of alkyl halides is 3. The highest BCUT2D eigenvalue weighted by molar-refractivity contribution is 5.81. The molecule has 166 valence electrons. The molecule has 4 aromatic rings. The number of halogens is 4. The van der Waals surface area contributed by atoms with Crippen molar-refractivity contribution in [3.8, 4) is 11.4 Å². The minimum absolute atomic E-state index is 0.306. The third-order valence-corrected chi connectivity index (χ3v) is 5.42. The first-order valence-electron chi connectivity index (χ1n) is 9.82. The average Bonchev–Trinajstić information content (AvgIpc) is 3.16. The molecule has 1 heterocycles. The Hall–Kier alpha value is -3.39. The maximum absolute atomic E-state index is 14.0. The molecule has 1 atom stereocenters. The summed E-state index contributed by atoms with van der Waals surface area (Å²) in [5, 5.41) is 15.3. The molecule has 0 saturated heterocycles. The Bertz CT molecular complexity index is 1250. The zero-order chi connectivity index (χ0) is 23.1. The predicted molar refractivity (Wildman–Crippen MR) is 112 cm³/mol. The van der Waals surface area contributed by atoms with Gasteiger partial charge in [-0.2, -0.15) is 18.3 Å². The fourth-order valence-electron chi connectivity index (χ4n) is 3.61. The molecule has 32 heavy (non-hydrogen) atoms. The number of ether oxygens (including phenoxy) is 1. The Labute approximate surface area is 181 Å². The second kappa shape index (κ2) is 7.94. The number of aryl methyl sites for hydroxylation is 2. The van der Waals surface area contributed by atoms with Crippen molar-refractivity contribution in [1.82, 2.24) is 9.78 Å². The lowest BCUT2D eigenvalue weighted by Crippen LogP contribution is -2.47. The van der Waals surface area contributed by atoms with Crippen LogP contribution in [0.4, 0.5) is 17.6 Å². The van der Waals surface area contributed by atoms with Gasteiger partial charge in [0, 0.05) is 5.39 Å². The minimum atomic E-state index is -4.98. The van der Waals surface area contributed by atoms with Crippen LogP contribution in [0.3, 0.4) is 0 Å². The van der Waals surface area contributed by atoms with Crippen LogP contribution in [0.15, 0.2) is 66.9 Å². The second-order valence-electron chi connectivity index (χ2n) is 7.67. The Balaban J connectivity index is 1.72. The maximum atomic E-state index is 14.0. The molecule has 4 nitrogen and oxygen atoms in total. The first-order valence-corrected chi connectivity index (χ1v) is 9.82. The summed E-state index contributed by atoms with van der Waals surface area (Å²) in [5.41, 5.74) is -1.17. The lowest BCUT2D eigenvalue weighted by Gasteiger charge is -2.31. The minimum Gasteiger partial charge on any atom is -0.489 e. The largest absolute Gasteiger partial charge is 0.489 e. The van der Waals surface area contributed by atoms with E-state index in [1.807, 2.05) is 0 Å². The van der Waals surface area contributed by atoms with Crippen LogP contribution in [0.1, 0.15) is 16.7 Å². The van der Waals surface area contributed by atoms with Crippen LogP contribution < -0.4 is 4.74 Å². The summed E-state index contributed by atoms with van der Waals surface area (Å²) in [6.07, 6.45) is -3.59. The van der Waals surface area contributed by atoms with Crippen LogP contribution in [-0.4, -0.2) is 27.7 Å². The fourth-order valence-corrected chi connectivity index (χ4v) is 3.61. The molecule has 8 heteroatoms. The molecule has 0 radical (unpaired) electrons. The normalized spacial score (nSPS) is 13.8. The van der Waals surface area contributed by atoms with E-state index in [0.717, 1.165) is 0 Å². The van der Waals surface area contributed by atoms with Crippen molar-refractivity contribution in [3.05, 3.63) is 89.4 Å². The molecule has 0 bridgehead atoms. The van der Waals surface area contributed by atoms with Gasteiger partial charge in [0.25, 0.3) is 0 Å². The van der Waals surface area contributed by atoms with Gasteiger partial charge in [-0.15, -0.1) is 0 Å². The van der Waals surface area contributed by atoms with Gasteiger partial charge in [0.2, 0.25) is 5.60 Å². The monoisotopic (exact) mass is 444 g/mol. The van der Waals surface area contributed by atoms with Crippen molar-refractivity contribution in [2.45, 2.75) is 25.6 Å². The van der Waals surface area contributed by atoms with Crippen LogP contribution in [-0.2, 0) is 5.60 Å². The molecule has 0 aliphatic heterocycles. The van der Waals surface area contributed by atoms with Crippen molar-refractivity contribution < 1.29 is 27.4 Å². The van der Waals surface area contributed by atoms with Crippen molar-refractivity contribution >= 4 is 10.9 Å². The molecule has 1 unspecified atom stereocenters. The van der Waals surface area contributed by atoms with Crippen LogP contribution >= 0.6 is 0 Å². The van der Waals surface area contributed by atoms with E-state index in [2.05, 4.69) is 5.10 Å². The van der Waals surface area contributed by atoms with Gasteiger partial charge in [-0.1, -0.05) is 24.3 Å². The molecule has 0 aliphatic rings. The molecule has 0 amide bonds. The Morgan fingerprint density at radius 1 is 0.969 bits per heavy atom. The highest BCUT2D eigenvalue weighted by Gasteiger charge is 2.56. The third-order valence-electron chi connectivity index (χ3n) is 5.42. The molecule has 4 rings (SSSR count). The van der Waals surface area contributed by atoms with Gasteiger partial charge in [0.15, 0.2) is 0 Å². The van der Waals surface area contributed by atoms with E-state index in [1.165, 1.54) is 53.3 Å². The van der Waals surface area contributed by atoms with Gasteiger partial charge < -0.3 is 9.84 Å². The number of aliphatic hydroxyl groups is 1. The lowest BCUT2D eigenvalue weighted by molar-refractivity contribution is -0.275. The predicted octanol–water partition coefficient (Wildman–Crippen LogP) is 5.61. The molecule has 0 spiro atoms. The molecule has 3 aromatic carbocycles. The quantitative estimate of drug-likeness (QED) is 0.407. The standard InChI is InChI=1S/C24H20F4N2O2/c1-15-4-3-5-16(2)22(15)32-14-23(31,24(26,27)28)18-6-11-21-17(12-18)13-29-30(21)20-9-7-19(25)8-10-20/h3-13,31H,14H2,1-2H3. The van der Waals surface area contributed by atoms with Crippen LogP contribution in [0.5, 0.6) is 5.75 Å². The number of hydrogen-bond acceptors (Lipinski definition) is 3. The molecule has 1 N–H and O–H groups in total. The number of fused-ring (bicyclic) bond motifs is 1. The van der Waals surface area contributed by atoms with Crippen LogP contribution in [0.25, 0.3) is 16.6 Å². The highest BCUT2D eigenvalue weighted by Crippen LogP contribution is 2.41. The van der Waals surface area contributed by atoms with E-state index in [-0.39, 0.29) is 5.56 Å². The molecule has 1 aromatic heterocycles. The maximum Gasteiger partial charge on any atom is 0.424 e. The zero-order valence-corrected chi connectivity index (χ0v) is 17.3. The number of benzene rings is 3. The SMILES string of the molecule is Cc1cccc(C)c1OCC(O)(c1ccc2c(cnn2-c2ccc(F)cc2)c1)C(F)(F)F. The van der Waals surface area contributed by atoms with Crippen LogP contribution in [0, 0.1) is 19.7 Å². The van der Waals surface area contributed by atoms with Gasteiger partial charge in [-0.3, -0.25) is 0 Å². The summed E-state index contributed by atoms with van der Waals surface area (Å²) >= 11 is 0. The van der Waals surface area contributed by atoms with Crippen molar-refractivity contribution in [3.63, 3.8) is 0 Å². The molecular weight excluding hydrogens is 424 g/mol. The third kappa shape index (κ3) is 3.82. The number of nitrogens with zero attached hydrogens (tertiary/aromatic N) is 2. The average molecular weight is 444 g/mol. The first-order chi connectivity index (χ1) is 15.1. The summed E-state index contributed by atoms with van der Waals surface area (Å²) in [6, 6.07) is 14.7. The summed E-state index contributed by atoms with van der Waals surface area (Å²) < 4.78 is 62.2. The van der Waals surface area contributed by atoms with Gasteiger partial charge in [-0.25, -0.2) is 9.07 Å². The molecule has 0 saturated carbocycles. The van der Waals surface area contributed by atoms with E-state index < -0.39 is 24.2 Å². The van der Waals surface area contributed by atoms with Gasteiger partial charge >= 0.3 is 6.18 Å². The number of aromatic nitrogens is 2. The number of para-hydroxylation sites is 1. The van der Waals surface area contributed by atoms with Crippen LogP contribution in [0.2, 0.25) is 0 Å². The summed E-state index contributed by atoms with van der Waals surface area (Å²) in [6.45, 7) is 2.45. The summed E-state index contributed by atoms with van der Waals surface area (Å²) in [7, 11) is 0. The van der Waals surface area contributed by atoms with Gasteiger partial charge in [0.1, 0.15) is 18.2 Å². The van der Waals surface area contributed by atoms with E-state index in [0.29, 0.717) is 33.5 Å². The Kier molecular flexibility index (Phi) is 5.42. The highest BCUT2D eigenvalue weighted by atomic mass is 19.4. The first kappa shape index (κ1) is 21.8. The number of rotatable bonds is 5. The smallest absolute Gasteiger partial charge is 0.424 e. The number of hydrogen-bond donors (Lipinski definition) is 1. The fraction of sp³-hybridized carbons (Fsp3) is 0.208. The van der Waals surface area contributed by atoms with Crippen molar-refractivity contribution in [2.24, 2.45) is 0 Å². The van der Waals surface area contributed by atoms with E-state index >= 15 is 0 Å². The second-order valence-corrected chi connectivity index (χ2v) is 7.67. The molecular formula is C24H20F4N2O2. The Morgan fingerprint density at radius 2 is 1.62 bits per heavy atom. The van der Waals surface area contributed by atoms with Gasteiger partial charge in [-0.05, 0) is 66.9 Å². The summed E-state index contributed by atoms with van der Waals surface area (Å²) in [5.74, 6) is -0.105. The zero-order valence-electron chi connectivity index (χ0n) is 17.3. The lowest BCUT2D eigenvalue weighted by atomic mass is 9.93. The topological polar surface area (TPSA) is 47.3 Å². The van der Waals surface area contributed by atoms with E-state index in [1.54, 1.807) is 32.0 Å².